The lowest BCUT2D eigenvalue weighted by Gasteiger charge is -2.16. The molecule has 1 atom stereocenters. The van der Waals surface area contributed by atoms with Crippen LogP contribution in [0, 0.1) is 11.7 Å². The van der Waals surface area contributed by atoms with Gasteiger partial charge in [-0.2, -0.15) is 0 Å². The maximum Gasteiger partial charge on any atom is 0.221 e. The smallest absolute Gasteiger partial charge is 0.221 e. The number of carbonyl (C=O) groups is 1. The van der Waals surface area contributed by atoms with Crippen molar-refractivity contribution in [3.63, 3.8) is 0 Å². The molecule has 1 heterocycles. The summed E-state index contributed by atoms with van der Waals surface area (Å²) in [4.78, 5) is 13.1. The Hall–Kier alpha value is -0.940. The van der Waals surface area contributed by atoms with Gasteiger partial charge in [0.2, 0.25) is 5.91 Å². The van der Waals surface area contributed by atoms with Crippen molar-refractivity contribution >= 4 is 21.8 Å². The molecule has 92 valence electrons. The number of carbonyl (C=O) groups excluding carboxylic acids is 1. The van der Waals surface area contributed by atoms with Crippen molar-refractivity contribution in [3.8, 4) is 0 Å². The van der Waals surface area contributed by atoms with E-state index in [1.165, 1.54) is 0 Å². The van der Waals surface area contributed by atoms with Gasteiger partial charge in [0.05, 0.1) is 10.4 Å². The van der Waals surface area contributed by atoms with Crippen LogP contribution in [0.5, 0.6) is 0 Å². The normalized spacial score (nSPS) is 20.7. The Kier molecular flexibility index (Phi) is 3.79. The topological polar surface area (TPSA) is 46.3 Å². The molecule has 2 N–H and O–H groups in total. The Morgan fingerprint density at radius 3 is 3.00 bits per heavy atom. The van der Waals surface area contributed by atoms with Crippen LogP contribution in [0.1, 0.15) is 12.0 Å². The molecule has 1 saturated heterocycles. The van der Waals surface area contributed by atoms with Crippen LogP contribution in [0.15, 0.2) is 22.7 Å². The van der Waals surface area contributed by atoms with Crippen LogP contribution >= 0.6 is 15.9 Å². The fraction of sp³-hybridized carbons (Fsp3) is 0.417. The van der Waals surface area contributed by atoms with E-state index in [-0.39, 0.29) is 17.6 Å². The molecule has 0 spiro atoms. The molecule has 1 aliphatic rings. The fourth-order valence-electron chi connectivity index (χ4n) is 2.12. The molecule has 1 aliphatic heterocycles. The van der Waals surface area contributed by atoms with Crippen molar-refractivity contribution in [1.82, 2.24) is 4.90 Å². The van der Waals surface area contributed by atoms with E-state index in [4.69, 9.17) is 5.73 Å². The Morgan fingerprint density at radius 1 is 1.59 bits per heavy atom. The molecule has 0 aliphatic carbocycles. The largest absolute Gasteiger partial charge is 0.369 e. The quantitative estimate of drug-likeness (QED) is 0.927. The van der Waals surface area contributed by atoms with Gasteiger partial charge in [0.1, 0.15) is 5.82 Å². The van der Waals surface area contributed by atoms with Crippen LogP contribution in [0.2, 0.25) is 0 Å². The second kappa shape index (κ2) is 5.14. The van der Waals surface area contributed by atoms with E-state index in [2.05, 4.69) is 20.8 Å². The number of benzene rings is 1. The second-order valence-electron chi connectivity index (χ2n) is 4.34. The minimum Gasteiger partial charge on any atom is -0.369 e. The van der Waals surface area contributed by atoms with E-state index in [1.807, 2.05) is 6.07 Å². The maximum absolute atomic E-state index is 13.7. The molecule has 0 aromatic heterocycles. The lowest BCUT2D eigenvalue weighted by molar-refractivity contribution is -0.121. The lowest BCUT2D eigenvalue weighted by atomic mass is 10.1. The molecular formula is C12H14BrFN2O. The molecule has 1 fully saturated rings. The zero-order valence-corrected chi connectivity index (χ0v) is 10.9. The van der Waals surface area contributed by atoms with Crippen molar-refractivity contribution < 1.29 is 9.18 Å². The number of hydrogen-bond acceptors (Lipinski definition) is 2. The lowest BCUT2D eigenvalue weighted by Crippen LogP contribution is -2.27. The van der Waals surface area contributed by atoms with Crippen molar-refractivity contribution in [2.24, 2.45) is 11.7 Å². The highest BCUT2D eigenvalue weighted by molar-refractivity contribution is 9.10. The maximum atomic E-state index is 13.7. The van der Waals surface area contributed by atoms with Gasteiger partial charge in [0.15, 0.2) is 0 Å². The van der Waals surface area contributed by atoms with Gasteiger partial charge in [-0.1, -0.05) is 12.1 Å². The summed E-state index contributed by atoms with van der Waals surface area (Å²) >= 11 is 3.16. The molecule has 1 unspecified atom stereocenters. The number of amides is 1. The predicted octanol–water partition coefficient (Wildman–Crippen LogP) is 1.90. The zero-order chi connectivity index (χ0) is 12.4. The number of likely N-dealkylation sites (tertiary alicyclic amines) is 1. The first kappa shape index (κ1) is 12.5. The van der Waals surface area contributed by atoms with Gasteiger partial charge < -0.3 is 5.73 Å². The molecule has 3 nitrogen and oxygen atoms in total. The van der Waals surface area contributed by atoms with Crippen LogP contribution in [-0.4, -0.2) is 23.9 Å². The summed E-state index contributed by atoms with van der Waals surface area (Å²) in [5.41, 5.74) is 5.90. The number of nitrogens with two attached hydrogens (primary N) is 1. The highest BCUT2D eigenvalue weighted by atomic mass is 79.9. The van der Waals surface area contributed by atoms with Gasteiger partial charge in [0.25, 0.3) is 0 Å². The van der Waals surface area contributed by atoms with E-state index < -0.39 is 0 Å². The molecule has 1 aromatic rings. The summed E-state index contributed by atoms with van der Waals surface area (Å²) in [7, 11) is 0. The van der Waals surface area contributed by atoms with E-state index in [0.29, 0.717) is 23.1 Å². The highest BCUT2D eigenvalue weighted by Crippen LogP contribution is 2.23. The van der Waals surface area contributed by atoms with Gasteiger partial charge in [-0.3, -0.25) is 9.69 Å². The Labute approximate surface area is 108 Å². The molecule has 5 heteroatoms. The predicted molar refractivity (Wildman–Crippen MR) is 66.7 cm³/mol. The van der Waals surface area contributed by atoms with E-state index >= 15 is 0 Å². The van der Waals surface area contributed by atoms with Crippen molar-refractivity contribution in [2.75, 3.05) is 13.1 Å². The molecule has 0 saturated carbocycles. The van der Waals surface area contributed by atoms with Crippen LogP contribution in [0.3, 0.4) is 0 Å². The third-order valence-corrected chi connectivity index (χ3v) is 3.71. The molecule has 2 rings (SSSR count). The number of nitrogens with zero attached hydrogens (tertiary/aromatic N) is 1. The summed E-state index contributed by atoms with van der Waals surface area (Å²) in [5, 5.41) is 0. The summed E-state index contributed by atoms with van der Waals surface area (Å²) in [5.74, 6) is -0.581. The van der Waals surface area contributed by atoms with Gasteiger partial charge in [0, 0.05) is 18.7 Å². The molecule has 17 heavy (non-hydrogen) atoms. The van der Waals surface area contributed by atoms with Crippen LogP contribution < -0.4 is 5.73 Å². The van der Waals surface area contributed by atoms with Gasteiger partial charge in [-0.05, 0) is 35.0 Å². The van der Waals surface area contributed by atoms with E-state index in [0.717, 1.165) is 13.0 Å². The Morgan fingerprint density at radius 2 is 2.35 bits per heavy atom. The van der Waals surface area contributed by atoms with Gasteiger partial charge >= 0.3 is 0 Å². The summed E-state index contributed by atoms with van der Waals surface area (Å²) in [6, 6.07) is 5.25. The van der Waals surface area contributed by atoms with Crippen LogP contribution in [-0.2, 0) is 11.3 Å². The summed E-state index contributed by atoms with van der Waals surface area (Å²) < 4.78 is 14.2. The minimum absolute atomic E-state index is 0.0924. The average Bonchev–Trinajstić information content (AvgIpc) is 2.73. The first-order valence-corrected chi connectivity index (χ1v) is 6.32. The van der Waals surface area contributed by atoms with Crippen LogP contribution in [0.25, 0.3) is 0 Å². The van der Waals surface area contributed by atoms with Crippen molar-refractivity contribution in [2.45, 2.75) is 13.0 Å². The zero-order valence-electron chi connectivity index (χ0n) is 9.33. The number of halogens is 2. The van der Waals surface area contributed by atoms with E-state index in [9.17, 15) is 9.18 Å². The number of hydrogen-bond donors (Lipinski definition) is 1. The standard InChI is InChI=1S/C12H14BrFN2O/c13-10-3-1-2-8(11(10)14)6-16-5-4-9(7-16)12(15)17/h1-3,9H,4-7H2,(H2,15,17). The molecule has 1 aromatic carbocycles. The van der Waals surface area contributed by atoms with E-state index in [1.54, 1.807) is 12.1 Å². The molecule has 1 amide bonds. The van der Waals surface area contributed by atoms with Gasteiger partial charge in [-0.15, -0.1) is 0 Å². The van der Waals surface area contributed by atoms with Crippen LogP contribution in [0.4, 0.5) is 4.39 Å². The highest BCUT2D eigenvalue weighted by Gasteiger charge is 2.26. The Balaban J connectivity index is 2.03. The molecule has 0 bridgehead atoms. The van der Waals surface area contributed by atoms with Gasteiger partial charge in [-0.25, -0.2) is 4.39 Å². The Bertz CT molecular complexity index is 439. The SMILES string of the molecule is NC(=O)C1CCN(Cc2cccc(Br)c2F)C1. The molecule has 0 radical (unpaired) electrons. The first-order chi connectivity index (χ1) is 8.08. The fourth-order valence-corrected chi connectivity index (χ4v) is 2.53. The third-order valence-electron chi connectivity index (χ3n) is 3.10. The number of primary amides is 1. The monoisotopic (exact) mass is 300 g/mol. The minimum atomic E-state index is -0.262. The second-order valence-corrected chi connectivity index (χ2v) is 5.19. The summed E-state index contributed by atoms with van der Waals surface area (Å²) in [6.45, 7) is 1.94. The average molecular weight is 301 g/mol. The van der Waals surface area contributed by atoms with Crippen molar-refractivity contribution in [3.05, 3.63) is 34.1 Å². The third kappa shape index (κ3) is 2.84. The number of rotatable bonds is 3. The first-order valence-electron chi connectivity index (χ1n) is 5.52. The molecular weight excluding hydrogens is 287 g/mol. The summed E-state index contributed by atoms with van der Waals surface area (Å²) in [6.07, 6.45) is 0.769. The van der Waals surface area contributed by atoms with Crippen molar-refractivity contribution in [1.29, 1.82) is 0 Å².